The molecule has 0 aliphatic rings. The molecule has 3 N–H and O–H groups in total. The van der Waals surface area contributed by atoms with Crippen LogP contribution < -0.4 is 0 Å². The van der Waals surface area contributed by atoms with Gasteiger partial charge in [0, 0.05) is 21.2 Å². The SMILES string of the molecule is O=S(=O)(O)C(c1ccc(O)cc1)(c1ccc(Cl)cc1O)c1c(Cl)ccc(Cl)c1Cl. The highest BCUT2D eigenvalue weighted by Gasteiger charge is 2.52. The van der Waals surface area contributed by atoms with Gasteiger partial charge >= 0.3 is 0 Å². The van der Waals surface area contributed by atoms with Gasteiger partial charge in [0.25, 0.3) is 10.1 Å². The summed E-state index contributed by atoms with van der Waals surface area (Å²) in [6.45, 7) is 0. The molecule has 0 saturated carbocycles. The quantitative estimate of drug-likeness (QED) is 0.239. The van der Waals surface area contributed by atoms with Crippen LogP contribution in [-0.4, -0.2) is 23.2 Å². The summed E-state index contributed by atoms with van der Waals surface area (Å²) < 4.78 is 34.0. The maximum absolute atomic E-state index is 13.0. The van der Waals surface area contributed by atoms with E-state index < -0.39 is 20.6 Å². The molecule has 0 bridgehead atoms. The van der Waals surface area contributed by atoms with Crippen LogP contribution in [0.4, 0.5) is 0 Å². The molecular formula is C19H12Cl4O5S. The van der Waals surface area contributed by atoms with Gasteiger partial charge in [-0.3, -0.25) is 4.55 Å². The number of hydrogen-bond acceptors (Lipinski definition) is 4. The average Bonchev–Trinajstić information content (AvgIpc) is 2.63. The second kappa shape index (κ2) is 7.87. The molecule has 0 aromatic heterocycles. The largest absolute Gasteiger partial charge is 0.508 e. The smallest absolute Gasteiger partial charge is 0.283 e. The van der Waals surface area contributed by atoms with Gasteiger partial charge in [-0.05, 0) is 42.0 Å². The maximum atomic E-state index is 13.0. The Hall–Kier alpha value is -1.67. The lowest BCUT2D eigenvalue weighted by atomic mass is 9.83. The predicted octanol–water partition coefficient (Wildman–Crippen LogP) is 5.89. The Morgan fingerprint density at radius 1 is 0.793 bits per heavy atom. The first-order valence-electron chi connectivity index (χ1n) is 7.89. The van der Waals surface area contributed by atoms with Crippen molar-refractivity contribution in [3.05, 3.63) is 91.4 Å². The lowest BCUT2D eigenvalue weighted by Gasteiger charge is -2.34. The van der Waals surface area contributed by atoms with E-state index >= 15 is 0 Å². The number of phenols is 2. The number of phenolic OH excluding ortho intramolecular Hbond substituents is 2. The summed E-state index contributed by atoms with van der Waals surface area (Å²) in [5.41, 5.74) is -0.582. The van der Waals surface area contributed by atoms with Crippen molar-refractivity contribution in [2.75, 3.05) is 0 Å². The molecule has 3 aromatic rings. The van der Waals surface area contributed by atoms with Gasteiger partial charge < -0.3 is 10.2 Å². The van der Waals surface area contributed by atoms with Crippen LogP contribution in [0.2, 0.25) is 20.1 Å². The van der Waals surface area contributed by atoms with E-state index in [1.165, 1.54) is 48.5 Å². The number of hydrogen-bond donors (Lipinski definition) is 3. The van der Waals surface area contributed by atoms with Crippen molar-refractivity contribution in [2.24, 2.45) is 0 Å². The first kappa shape index (κ1) is 22.0. The standard InChI is InChI=1S/C19H12Cl4O5S/c20-11-3-6-13(16(25)9-11)19(29(26,27)28,10-1-4-12(24)5-2-10)17-14(21)7-8-15(22)18(17)23/h1-9,24-25H,(H,26,27,28). The highest BCUT2D eigenvalue weighted by Crippen LogP contribution is 2.52. The summed E-state index contributed by atoms with van der Waals surface area (Å²) in [4.78, 5) is 0. The average molecular weight is 494 g/mol. The van der Waals surface area contributed by atoms with E-state index in [1.54, 1.807) is 0 Å². The third-order valence-electron chi connectivity index (χ3n) is 4.40. The highest BCUT2D eigenvalue weighted by atomic mass is 35.5. The number of aromatic hydroxyl groups is 2. The molecule has 29 heavy (non-hydrogen) atoms. The molecule has 0 aliphatic carbocycles. The Morgan fingerprint density at radius 2 is 1.38 bits per heavy atom. The molecule has 0 aliphatic heterocycles. The van der Waals surface area contributed by atoms with Crippen molar-refractivity contribution in [1.82, 2.24) is 0 Å². The van der Waals surface area contributed by atoms with Crippen molar-refractivity contribution in [3.63, 3.8) is 0 Å². The topological polar surface area (TPSA) is 94.8 Å². The van der Waals surface area contributed by atoms with E-state index in [0.29, 0.717) is 0 Å². The zero-order valence-corrected chi connectivity index (χ0v) is 18.1. The normalized spacial score (nSPS) is 13.8. The third kappa shape index (κ3) is 3.65. The molecule has 10 heteroatoms. The van der Waals surface area contributed by atoms with E-state index in [1.807, 2.05) is 0 Å². The van der Waals surface area contributed by atoms with Gasteiger partial charge in [-0.25, -0.2) is 0 Å². The van der Waals surface area contributed by atoms with Crippen molar-refractivity contribution >= 4 is 56.5 Å². The number of rotatable bonds is 4. The Balaban J connectivity index is 2.63. The highest BCUT2D eigenvalue weighted by molar-refractivity contribution is 7.87. The van der Waals surface area contributed by atoms with Gasteiger partial charge in [-0.15, -0.1) is 0 Å². The van der Waals surface area contributed by atoms with Gasteiger partial charge in [0.05, 0.1) is 10.0 Å². The lowest BCUT2D eigenvalue weighted by molar-refractivity contribution is 0.440. The fourth-order valence-electron chi connectivity index (χ4n) is 3.20. The van der Waals surface area contributed by atoms with E-state index in [-0.39, 0.29) is 42.5 Å². The molecular weight excluding hydrogens is 482 g/mol. The van der Waals surface area contributed by atoms with Crippen LogP contribution in [0.3, 0.4) is 0 Å². The maximum Gasteiger partial charge on any atom is 0.283 e. The Labute approximate surface area is 186 Å². The summed E-state index contributed by atoms with van der Waals surface area (Å²) in [6, 6.07) is 11.3. The van der Waals surface area contributed by atoms with Crippen LogP contribution in [0.25, 0.3) is 0 Å². The number of benzene rings is 3. The fourth-order valence-corrected chi connectivity index (χ4v) is 5.64. The summed E-state index contributed by atoms with van der Waals surface area (Å²) in [5.74, 6) is -0.683. The molecule has 0 amide bonds. The van der Waals surface area contributed by atoms with Crippen LogP contribution in [0.1, 0.15) is 16.7 Å². The second-order valence-electron chi connectivity index (χ2n) is 6.08. The molecule has 1 atom stereocenters. The van der Waals surface area contributed by atoms with Crippen LogP contribution in [0.15, 0.2) is 54.6 Å². The molecule has 0 fully saturated rings. The Morgan fingerprint density at radius 3 is 1.93 bits per heavy atom. The minimum atomic E-state index is -5.11. The molecule has 1 unspecified atom stereocenters. The van der Waals surface area contributed by atoms with Gasteiger partial charge in [-0.2, -0.15) is 8.42 Å². The summed E-state index contributed by atoms with van der Waals surface area (Å²) in [7, 11) is -5.11. The molecule has 0 saturated heterocycles. The monoisotopic (exact) mass is 492 g/mol. The zero-order valence-electron chi connectivity index (χ0n) is 14.3. The molecule has 5 nitrogen and oxygen atoms in total. The molecule has 0 spiro atoms. The molecule has 3 aromatic carbocycles. The third-order valence-corrected chi connectivity index (χ3v) is 7.18. The minimum absolute atomic E-state index is 0.0219. The molecule has 0 heterocycles. The summed E-state index contributed by atoms with van der Waals surface area (Å²) in [5, 5.41) is 20.0. The summed E-state index contributed by atoms with van der Waals surface area (Å²) >= 11 is 24.7. The van der Waals surface area contributed by atoms with Gasteiger partial charge in [0.15, 0.2) is 4.75 Å². The molecule has 152 valence electrons. The molecule has 3 rings (SSSR count). The van der Waals surface area contributed by atoms with Gasteiger partial charge in [-0.1, -0.05) is 64.6 Å². The minimum Gasteiger partial charge on any atom is -0.508 e. The number of halogens is 4. The van der Waals surface area contributed by atoms with Crippen LogP contribution in [0.5, 0.6) is 11.5 Å². The van der Waals surface area contributed by atoms with Crippen molar-refractivity contribution in [2.45, 2.75) is 4.75 Å². The second-order valence-corrected chi connectivity index (χ2v) is 9.27. The van der Waals surface area contributed by atoms with E-state index in [0.717, 1.165) is 6.07 Å². The van der Waals surface area contributed by atoms with Crippen molar-refractivity contribution in [1.29, 1.82) is 0 Å². The van der Waals surface area contributed by atoms with E-state index in [9.17, 15) is 23.2 Å². The first-order chi connectivity index (χ1) is 13.5. The predicted molar refractivity (Wildman–Crippen MR) is 114 cm³/mol. The zero-order chi connectivity index (χ0) is 21.6. The fraction of sp³-hybridized carbons (Fsp3) is 0.0526. The van der Waals surface area contributed by atoms with Crippen LogP contribution >= 0.6 is 46.4 Å². The molecule has 0 radical (unpaired) electrons. The van der Waals surface area contributed by atoms with Crippen molar-refractivity contribution in [3.8, 4) is 11.5 Å². The van der Waals surface area contributed by atoms with Gasteiger partial charge in [0.1, 0.15) is 11.5 Å². The Kier molecular flexibility index (Phi) is 5.98. The van der Waals surface area contributed by atoms with Crippen molar-refractivity contribution < 1.29 is 23.2 Å². The van der Waals surface area contributed by atoms with E-state index in [4.69, 9.17) is 46.4 Å². The Bertz CT molecular complexity index is 1200. The van der Waals surface area contributed by atoms with Crippen LogP contribution in [0, 0.1) is 0 Å². The first-order valence-corrected chi connectivity index (χ1v) is 10.8. The van der Waals surface area contributed by atoms with Gasteiger partial charge in [0.2, 0.25) is 0 Å². The summed E-state index contributed by atoms with van der Waals surface area (Å²) in [6.07, 6.45) is 0. The lowest BCUT2D eigenvalue weighted by Crippen LogP contribution is -2.39. The van der Waals surface area contributed by atoms with E-state index in [2.05, 4.69) is 0 Å². The van der Waals surface area contributed by atoms with Crippen LogP contribution in [-0.2, 0) is 14.9 Å².